The van der Waals surface area contributed by atoms with Crippen molar-refractivity contribution >= 4 is 78.1 Å². The van der Waals surface area contributed by atoms with Gasteiger partial charge in [-0.2, -0.15) is 0 Å². The summed E-state index contributed by atoms with van der Waals surface area (Å²) >= 11 is 0. The molecule has 4 atom stereocenters. The molecule has 4 aromatic rings. The van der Waals surface area contributed by atoms with Crippen LogP contribution < -0.4 is 22.1 Å². The van der Waals surface area contributed by atoms with Crippen molar-refractivity contribution in [2.24, 2.45) is 11.5 Å². The highest BCUT2D eigenvalue weighted by atomic mass is 33.1. The van der Waals surface area contributed by atoms with Gasteiger partial charge in [-0.05, 0) is 71.5 Å². The van der Waals surface area contributed by atoms with Gasteiger partial charge in [0.05, 0.1) is 12.1 Å². The monoisotopic (exact) mass is 684 g/mol. The van der Waals surface area contributed by atoms with E-state index >= 15 is 0 Å². The lowest BCUT2D eigenvalue weighted by Gasteiger charge is -2.27. The summed E-state index contributed by atoms with van der Waals surface area (Å²) in [6, 6.07) is 24.6. The molecule has 0 spiro atoms. The lowest BCUT2D eigenvalue weighted by molar-refractivity contribution is -0.137. The molecule has 0 radical (unpaired) electrons. The number of amides is 4. The molecule has 6 rings (SSSR count). The van der Waals surface area contributed by atoms with Crippen LogP contribution in [0.25, 0.3) is 21.5 Å². The van der Waals surface area contributed by atoms with Gasteiger partial charge in [-0.15, -0.1) is 0 Å². The van der Waals surface area contributed by atoms with Crippen molar-refractivity contribution in [2.75, 3.05) is 35.2 Å². The maximum Gasteiger partial charge on any atom is 0.247 e. The van der Waals surface area contributed by atoms with Gasteiger partial charge in [0.25, 0.3) is 0 Å². The first-order chi connectivity index (χ1) is 23.3. The maximum absolute atomic E-state index is 13.3. The van der Waals surface area contributed by atoms with Crippen molar-refractivity contribution in [3.63, 3.8) is 0 Å². The van der Waals surface area contributed by atoms with Crippen LogP contribution >= 0.6 is 21.6 Å². The number of likely N-dealkylation sites (tertiary alicyclic amines) is 2. The van der Waals surface area contributed by atoms with Gasteiger partial charge in [-0.25, -0.2) is 0 Å². The van der Waals surface area contributed by atoms with Crippen molar-refractivity contribution in [3.8, 4) is 0 Å². The lowest BCUT2D eigenvalue weighted by Crippen LogP contribution is -2.51. The molecule has 48 heavy (non-hydrogen) atoms. The molecular formula is C36H40N6O4S2. The molecule has 2 aliphatic heterocycles. The van der Waals surface area contributed by atoms with Crippen LogP contribution in [0, 0.1) is 0 Å². The van der Waals surface area contributed by atoms with E-state index in [-0.39, 0.29) is 23.6 Å². The molecule has 2 saturated heterocycles. The van der Waals surface area contributed by atoms with Gasteiger partial charge in [0.2, 0.25) is 23.6 Å². The molecule has 10 nitrogen and oxygen atoms in total. The number of nitrogens with zero attached hydrogens (tertiary/aromatic N) is 2. The van der Waals surface area contributed by atoms with E-state index < -0.39 is 24.2 Å². The summed E-state index contributed by atoms with van der Waals surface area (Å²) in [6.45, 7) is 0.954. The second-order valence-electron chi connectivity index (χ2n) is 12.3. The smallest absolute Gasteiger partial charge is 0.247 e. The normalized spacial score (nSPS) is 19.0. The lowest BCUT2D eigenvalue weighted by atomic mass is 10.1. The fourth-order valence-electron chi connectivity index (χ4n) is 6.40. The van der Waals surface area contributed by atoms with E-state index in [1.807, 2.05) is 84.9 Å². The Morgan fingerprint density at radius 2 is 1.02 bits per heavy atom. The van der Waals surface area contributed by atoms with Crippen molar-refractivity contribution in [2.45, 2.75) is 49.9 Å². The Labute approximate surface area is 287 Å². The second-order valence-corrected chi connectivity index (χ2v) is 14.8. The number of anilines is 2. The number of hydrogen-bond acceptors (Lipinski definition) is 8. The van der Waals surface area contributed by atoms with Gasteiger partial charge in [-0.1, -0.05) is 82.3 Å². The van der Waals surface area contributed by atoms with Crippen LogP contribution in [-0.2, 0) is 19.2 Å². The van der Waals surface area contributed by atoms with Crippen LogP contribution in [0.1, 0.15) is 25.7 Å². The number of nitrogens with one attached hydrogen (secondary N) is 2. The van der Waals surface area contributed by atoms with Crippen LogP contribution in [0.4, 0.5) is 11.4 Å². The summed E-state index contributed by atoms with van der Waals surface area (Å²) in [6.07, 6.45) is 2.61. The quantitative estimate of drug-likeness (QED) is 0.132. The van der Waals surface area contributed by atoms with Gasteiger partial charge in [0.15, 0.2) is 0 Å². The van der Waals surface area contributed by atoms with E-state index in [4.69, 9.17) is 11.5 Å². The Morgan fingerprint density at radius 1 is 0.625 bits per heavy atom. The number of carbonyl (C=O) groups is 4. The molecule has 2 aliphatic rings. The standard InChI is InChI=1S/C36H40N6O4S2/c37-29(35(45)41-17-5-11-31(41)33(43)39-27-15-13-23-7-1-3-9-25(23)19-27)21-47-48-22-30(38)36(46)42-18-6-12-32(42)34(44)40-28-16-14-24-8-2-4-10-26(24)20-28/h1-4,7-10,13-16,19-20,29-32H,5-6,11-12,17-18,21-22,37-38H2,(H,39,43)(H,40,44)/t29?,30?,31-,32-/m1/s1. The average Bonchev–Trinajstić information content (AvgIpc) is 3.80. The van der Waals surface area contributed by atoms with E-state index in [1.165, 1.54) is 21.6 Å². The van der Waals surface area contributed by atoms with Crippen LogP contribution in [0.3, 0.4) is 0 Å². The minimum absolute atomic E-state index is 0.221. The topological polar surface area (TPSA) is 151 Å². The van der Waals surface area contributed by atoms with E-state index in [1.54, 1.807) is 9.80 Å². The van der Waals surface area contributed by atoms with Crippen molar-refractivity contribution < 1.29 is 19.2 Å². The SMILES string of the molecule is NC(CSSCC(N)C(=O)N1CCC[C@@H]1C(=O)Nc1ccc2ccccc2c1)C(=O)N1CCC[C@@H]1C(=O)Nc1ccc2ccccc2c1. The Bertz CT molecular complexity index is 1690. The first-order valence-electron chi connectivity index (χ1n) is 16.2. The molecule has 2 heterocycles. The Hall–Kier alpha value is -4.10. The average molecular weight is 685 g/mol. The molecule has 12 heteroatoms. The minimum atomic E-state index is -0.801. The van der Waals surface area contributed by atoms with Crippen LogP contribution in [0.5, 0.6) is 0 Å². The van der Waals surface area contributed by atoms with Gasteiger partial charge >= 0.3 is 0 Å². The zero-order valence-electron chi connectivity index (χ0n) is 26.5. The molecule has 0 aromatic heterocycles. The van der Waals surface area contributed by atoms with Gasteiger partial charge < -0.3 is 31.9 Å². The minimum Gasteiger partial charge on any atom is -0.329 e. The molecule has 2 unspecified atom stereocenters. The third-order valence-electron chi connectivity index (χ3n) is 8.92. The highest BCUT2D eigenvalue weighted by Crippen LogP contribution is 2.28. The zero-order chi connectivity index (χ0) is 33.6. The fraction of sp³-hybridized carbons (Fsp3) is 0.333. The summed E-state index contributed by atoms with van der Waals surface area (Å²) in [4.78, 5) is 56.0. The molecule has 4 aromatic carbocycles. The summed E-state index contributed by atoms with van der Waals surface area (Å²) < 4.78 is 0. The van der Waals surface area contributed by atoms with Gasteiger partial charge in [0, 0.05) is 36.0 Å². The second kappa shape index (κ2) is 15.4. The number of nitrogens with two attached hydrogens (primary N) is 2. The highest BCUT2D eigenvalue weighted by molar-refractivity contribution is 8.76. The molecule has 4 amide bonds. The number of hydrogen-bond donors (Lipinski definition) is 4. The van der Waals surface area contributed by atoms with Crippen LogP contribution in [0.15, 0.2) is 84.9 Å². The summed E-state index contributed by atoms with van der Waals surface area (Å²) in [5.74, 6) is -0.364. The maximum atomic E-state index is 13.3. The molecular weight excluding hydrogens is 645 g/mol. The van der Waals surface area contributed by atoms with Gasteiger partial charge in [-0.3, -0.25) is 19.2 Å². The van der Waals surface area contributed by atoms with E-state index in [0.717, 1.165) is 34.4 Å². The summed E-state index contributed by atoms with van der Waals surface area (Å²) in [5, 5.41) is 10.2. The van der Waals surface area contributed by atoms with Crippen LogP contribution in [-0.4, -0.2) is 82.2 Å². The number of benzene rings is 4. The third kappa shape index (κ3) is 7.78. The molecule has 6 N–H and O–H groups in total. The molecule has 0 aliphatic carbocycles. The van der Waals surface area contributed by atoms with Crippen molar-refractivity contribution in [1.82, 2.24) is 9.80 Å². The highest BCUT2D eigenvalue weighted by Gasteiger charge is 2.37. The number of fused-ring (bicyclic) bond motifs is 2. The predicted molar refractivity (Wildman–Crippen MR) is 195 cm³/mol. The fourth-order valence-corrected chi connectivity index (χ4v) is 8.63. The number of rotatable bonds is 11. The summed E-state index contributed by atoms with van der Waals surface area (Å²) in [7, 11) is 2.75. The molecule has 0 bridgehead atoms. The number of carbonyl (C=O) groups excluding carboxylic acids is 4. The van der Waals surface area contributed by atoms with Crippen LogP contribution in [0.2, 0.25) is 0 Å². The largest absolute Gasteiger partial charge is 0.329 e. The molecule has 250 valence electrons. The van der Waals surface area contributed by atoms with Crippen molar-refractivity contribution in [1.29, 1.82) is 0 Å². The summed E-state index contributed by atoms with van der Waals surface area (Å²) in [5.41, 5.74) is 13.9. The van der Waals surface area contributed by atoms with Crippen molar-refractivity contribution in [3.05, 3.63) is 84.9 Å². The van der Waals surface area contributed by atoms with E-state index in [2.05, 4.69) is 10.6 Å². The molecule has 0 saturated carbocycles. The van der Waals surface area contributed by atoms with Gasteiger partial charge in [0.1, 0.15) is 12.1 Å². The predicted octanol–water partition coefficient (Wildman–Crippen LogP) is 4.59. The molecule has 2 fully saturated rings. The Balaban J connectivity index is 0.949. The zero-order valence-corrected chi connectivity index (χ0v) is 28.2. The third-order valence-corrected chi connectivity index (χ3v) is 11.4. The Kier molecular flexibility index (Phi) is 10.9. The first-order valence-corrected chi connectivity index (χ1v) is 18.7. The first kappa shape index (κ1) is 33.8. The van der Waals surface area contributed by atoms with E-state index in [0.29, 0.717) is 48.8 Å². The Morgan fingerprint density at radius 3 is 1.44 bits per heavy atom. The van der Waals surface area contributed by atoms with E-state index in [9.17, 15) is 19.2 Å².